The Bertz CT molecular complexity index is 507. The highest BCUT2D eigenvalue weighted by Crippen LogP contribution is 2.21. The molecule has 1 aliphatic rings. The lowest BCUT2D eigenvalue weighted by Gasteiger charge is -2.33. The van der Waals surface area contributed by atoms with Crippen LogP contribution in [0.15, 0.2) is 22.7 Å². The van der Waals surface area contributed by atoms with E-state index in [0.717, 1.165) is 8.04 Å². The summed E-state index contributed by atoms with van der Waals surface area (Å²) >= 11 is 5.49. The lowest BCUT2D eigenvalue weighted by molar-refractivity contribution is -0.127. The summed E-state index contributed by atoms with van der Waals surface area (Å²) < 4.78 is 1.75. The van der Waals surface area contributed by atoms with Crippen LogP contribution in [0.2, 0.25) is 0 Å². The van der Waals surface area contributed by atoms with E-state index in [1.165, 1.54) is 0 Å². The molecule has 0 saturated carbocycles. The van der Waals surface area contributed by atoms with Gasteiger partial charge < -0.3 is 10.2 Å². The van der Waals surface area contributed by atoms with Crippen molar-refractivity contribution in [3.8, 4) is 0 Å². The molecule has 6 heteroatoms. The summed E-state index contributed by atoms with van der Waals surface area (Å²) in [7, 11) is 0. The highest BCUT2D eigenvalue weighted by molar-refractivity contribution is 14.1. The van der Waals surface area contributed by atoms with Gasteiger partial charge in [0.1, 0.15) is 6.04 Å². The van der Waals surface area contributed by atoms with Crippen LogP contribution in [-0.2, 0) is 4.79 Å². The topological polar surface area (TPSA) is 49.4 Å². The number of carbonyl (C=O) groups is 2. The molecule has 96 valence electrons. The first-order chi connectivity index (χ1) is 8.50. The minimum atomic E-state index is -0.416. The Morgan fingerprint density at radius 3 is 3.00 bits per heavy atom. The summed E-state index contributed by atoms with van der Waals surface area (Å²) in [6.45, 7) is 2.81. The molecule has 1 aliphatic heterocycles. The van der Waals surface area contributed by atoms with Crippen LogP contribution in [0, 0.1) is 3.57 Å². The van der Waals surface area contributed by atoms with Crippen molar-refractivity contribution in [1.29, 1.82) is 0 Å². The van der Waals surface area contributed by atoms with Crippen molar-refractivity contribution in [2.75, 3.05) is 13.1 Å². The molecule has 1 atom stereocenters. The van der Waals surface area contributed by atoms with Gasteiger partial charge in [0.2, 0.25) is 5.91 Å². The zero-order valence-corrected chi connectivity index (χ0v) is 13.5. The van der Waals surface area contributed by atoms with Crippen LogP contribution in [0.4, 0.5) is 0 Å². The molecule has 1 fully saturated rings. The van der Waals surface area contributed by atoms with Gasteiger partial charge >= 0.3 is 0 Å². The summed E-state index contributed by atoms with van der Waals surface area (Å²) in [5.41, 5.74) is 0.631. The van der Waals surface area contributed by atoms with Crippen LogP contribution in [0.25, 0.3) is 0 Å². The van der Waals surface area contributed by atoms with Crippen molar-refractivity contribution in [1.82, 2.24) is 10.2 Å². The van der Waals surface area contributed by atoms with E-state index in [1.807, 2.05) is 12.1 Å². The first-order valence-electron chi connectivity index (χ1n) is 5.54. The van der Waals surface area contributed by atoms with E-state index in [0.29, 0.717) is 18.7 Å². The average molecular weight is 423 g/mol. The van der Waals surface area contributed by atoms with E-state index >= 15 is 0 Å². The zero-order valence-electron chi connectivity index (χ0n) is 9.74. The first-order valence-corrected chi connectivity index (χ1v) is 7.41. The molecule has 2 amide bonds. The maximum atomic E-state index is 12.4. The zero-order chi connectivity index (χ0) is 13.3. The largest absolute Gasteiger partial charge is 0.353 e. The van der Waals surface area contributed by atoms with E-state index in [9.17, 15) is 9.59 Å². The van der Waals surface area contributed by atoms with E-state index < -0.39 is 6.04 Å². The molecule has 1 N–H and O–H groups in total. The molecule has 1 heterocycles. The number of nitrogens with zero attached hydrogens (tertiary/aromatic N) is 1. The fourth-order valence-electron chi connectivity index (χ4n) is 1.88. The lowest BCUT2D eigenvalue weighted by Crippen LogP contribution is -2.55. The monoisotopic (exact) mass is 422 g/mol. The highest BCUT2D eigenvalue weighted by Gasteiger charge is 2.30. The van der Waals surface area contributed by atoms with E-state index in [1.54, 1.807) is 17.9 Å². The number of amides is 2. The predicted octanol–water partition coefficient (Wildman–Crippen LogP) is 2.01. The Hall–Kier alpha value is -0.630. The second-order valence-electron chi connectivity index (χ2n) is 4.09. The fourth-order valence-corrected chi connectivity index (χ4v) is 2.80. The third-order valence-corrected chi connectivity index (χ3v) is 4.35. The van der Waals surface area contributed by atoms with Gasteiger partial charge in [0, 0.05) is 21.1 Å². The molecule has 1 unspecified atom stereocenters. The number of hydrogen-bond donors (Lipinski definition) is 1. The summed E-state index contributed by atoms with van der Waals surface area (Å²) in [5, 5.41) is 2.75. The number of carbonyl (C=O) groups excluding carboxylic acids is 2. The van der Waals surface area contributed by atoms with Crippen LogP contribution >= 0.6 is 38.5 Å². The molecule has 0 spiro atoms. The van der Waals surface area contributed by atoms with E-state index in [4.69, 9.17) is 0 Å². The molecule has 1 saturated heterocycles. The molecule has 0 bridgehead atoms. The number of hydrogen-bond acceptors (Lipinski definition) is 2. The normalized spacial score (nSPS) is 19.6. The molecule has 1 aromatic rings. The van der Waals surface area contributed by atoms with Crippen LogP contribution in [0.5, 0.6) is 0 Å². The van der Waals surface area contributed by atoms with Crippen molar-refractivity contribution >= 4 is 50.3 Å². The van der Waals surface area contributed by atoms with Crippen molar-refractivity contribution < 1.29 is 9.59 Å². The fraction of sp³-hybridized carbons (Fsp3) is 0.333. The Kier molecular flexibility index (Phi) is 4.26. The van der Waals surface area contributed by atoms with Gasteiger partial charge in [-0.25, -0.2) is 0 Å². The summed E-state index contributed by atoms with van der Waals surface area (Å²) in [5.74, 6) is -0.192. The van der Waals surface area contributed by atoms with Crippen LogP contribution < -0.4 is 5.32 Å². The van der Waals surface area contributed by atoms with Crippen LogP contribution in [-0.4, -0.2) is 35.8 Å². The standard InChI is InChI=1S/C12H12BrIN2O2/c1-7-11(17)15-4-5-16(7)12(18)9-6-8(13)2-3-10(9)14/h2-3,6-7H,4-5H2,1H3,(H,15,17). The number of halogens is 2. The van der Waals surface area contributed by atoms with Crippen molar-refractivity contribution in [2.45, 2.75) is 13.0 Å². The Balaban J connectivity index is 2.30. The Morgan fingerprint density at radius 1 is 1.56 bits per heavy atom. The highest BCUT2D eigenvalue weighted by atomic mass is 127. The van der Waals surface area contributed by atoms with Crippen LogP contribution in [0.1, 0.15) is 17.3 Å². The van der Waals surface area contributed by atoms with E-state index in [-0.39, 0.29) is 11.8 Å². The maximum absolute atomic E-state index is 12.4. The van der Waals surface area contributed by atoms with Crippen molar-refractivity contribution in [2.24, 2.45) is 0 Å². The molecule has 18 heavy (non-hydrogen) atoms. The lowest BCUT2D eigenvalue weighted by atomic mass is 10.1. The van der Waals surface area contributed by atoms with Gasteiger partial charge in [0.25, 0.3) is 5.91 Å². The van der Waals surface area contributed by atoms with Gasteiger partial charge in [0.05, 0.1) is 5.56 Å². The molecular weight excluding hydrogens is 411 g/mol. The third-order valence-electron chi connectivity index (χ3n) is 2.92. The number of benzene rings is 1. The quantitative estimate of drug-likeness (QED) is 0.704. The predicted molar refractivity (Wildman–Crippen MR) is 80.4 cm³/mol. The molecule has 1 aromatic carbocycles. The van der Waals surface area contributed by atoms with Crippen molar-refractivity contribution in [3.05, 3.63) is 31.8 Å². The maximum Gasteiger partial charge on any atom is 0.255 e. The van der Waals surface area contributed by atoms with Gasteiger partial charge in [0.15, 0.2) is 0 Å². The van der Waals surface area contributed by atoms with Gasteiger partial charge in [-0.1, -0.05) is 15.9 Å². The minimum Gasteiger partial charge on any atom is -0.353 e. The molecule has 0 aromatic heterocycles. The SMILES string of the molecule is CC1C(=O)NCCN1C(=O)c1cc(Br)ccc1I. The van der Waals surface area contributed by atoms with Crippen LogP contribution in [0.3, 0.4) is 0 Å². The summed E-state index contributed by atoms with van der Waals surface area (Å²) in [6, 6.07) is 5.15. The second kappa shape index (κ2) is 5.56. The van der Waals surface area contributed by atoms with Gasteiger partial charge in [-0.15, -0.1) is 0 Å². The third kappa shape index (κ3) is 2.69. The van der Waals surface area contributed by atoms with E-state index in [2.05, 4.69) is 43.8 Å². The Morgan fingerprint density at radius 2 is 2.28 bits per heavy atom. The average Bonchev–Trinajstić information content (AvgIpc) is 2.35. The number of piperazine rings is 1. The number of rotatable bonds is 1. The smallest absolute Gasteiger partial charge is 0.255 e. The molecular formula is C12H12BrIN2O2. The molecule has 2 rings (SSSR count). The molecule has 4 nitrogen and oxygen atoms in total. The Labute approximate surface area is 127 Å². The molecule has 0 radical (unpaired) electrons. The summed E-state index contributed by atoms with van der Waals surface area (Å²) in [6.07, 6.45) is 0. The first kappa shape index (κ1) is 13.8. The van der Waals surface area contributed by atoms with Gasteiger partial charge in [-0.05, 0) is 47.7 Å². The van der Waals surface area contributed by atoms with Gasteiger partial charge in [-0.2, -0.15) is 0 Å². The summed E-state index contributed by atoms with van der Waals surface area (Å²) in [4.78, 5) is 25.6. The van der Waals surface area contributed by atoms with Crippen molar-refractivity contribution in [3.63, 3.8) is 0 Å². The number of nitrogens with one attached hydrogen (secondary N) is 1. The van der Waals surface area contributed by atoms with Gasteiger partial charge in [-0.3, -0.25) is 9.59 Å². The minimum absolute atomic E-state index is 0.0944. The second-order valence-corrected chi connectivity index (χ2v) is 6.17. The molecule has 0 aliphatic carbocycles.